The molecule has 208 valence electrons. The number of aliphatic imine (C=N–C) groups is 3. The van der Waals surface area contributed by atoms with Crippen LogP contribution in [0.5, 0.6) is 0 Å². The van der Waals surface area contributed by atoms with Crippen molar-refractivity contribution in [1.29, 1.82) is 0 Å². The Morgan fingerprint density at radius 2 is 1.76 bits per heavy atom. The molecule has 0 amide bonds. The van der Waals surface area contributed by atoms with Crippen LogP contribution in [0.3, 0.4) is 0 Å². The summed E-state index contributed by atoms with van der Waals surface area (Å²) < 4.78 is 4.91. The molecule has 0 radical (unpaired) electrons. The fraction of sp³-hybridized carbons (Fsp3) is 0.303. The van der Waals surface area contributed by atoms with Gasteiger partial charge in [-0.25, -0.2) is 15.0 Å². The first-order valence-corrected chi connectivity index (χ1v) is 13.9. The molecule has 0 aromatic carbocycles. The van der Waals surface area contributed by atoms with E-state index < -0.39 is 0 Å². The van der Waals surface area contributed by atoms with E-state index >= 15 is 0 Å². The van der Waals surface area contributed by atoms with Crippen molar-refractivity contribution in [3.63, 3.8) is 0 Å². The van der Waals surface area contributed by atoms with Gasteiger partial charge in [0.1, 0.15) is 0 Å². The van der Waals surface area contributed by atoms with Gasteiger partial charge in [-0.15, -0.1) is 0 Å². The molecule has 8 bridgehead atoms. The lowest BCUT2D eigenvalue weighted by atomic mass is 9.95. The maximum Gasteiger partial charge on any atom is 0.305 e. The second kappa shape index (κ2) is 9.80. The van der Waals surface area contributed by atoms with Gasteiger partial charge in [-0.3, -0.25) is 9.59 Å². The molecule has 6 rings (SSSR count). The average Bonchev–Trinajstić information content (AvgIpc) is 3.70. The van der Waals surface area contributed by atoms with E-state index in [4.69, 9.17) is 19.7 Å². The Kier molecular flexibility index (Phi) is 6.36. The second-order valence-corrected chi connectivity index (χ2v) is 10.8. The minimum Gasteiger partial charge on any atom is -0.515 e. The summed E-state index contributed by atoms with van der Waals surface area (Å²) in [4.78, 5) is 44.0. The number of aliphatic hydroxyl groups is 1. The summed E-state index contributed by atoms with van der Waals surface area (Å²) >= 11 is 0. The number of fused-ring (bicyclic) bond motifs is 5. The van der Waals surface area contributed by atoms with Crippen LogP contribution >= 0.6 is 0 Å². The number of nitrogens with zero attached hydrogens (tertiary/aromatic N) is 3. The Morgan fingerprint density at radius 1 is 1.00 bits per heavy atom. The highest BCUT2D eigenvalue weighted by molar-refractivity contribution is 6.29. The fourth-order valence-electron chi connectivity index (χ4n) is 6.24. The zero-order valence-corrected chi connectivity index (χ0v) is 24.2. The van der Waals surface area contributed by atoms with Gasteiger partial charge < -0.3 is 14.8 Å². The number of hydrogen-bond donors (Lipinski definition) is 2. The van der Waals surface area contributed by atoms with Gasteiger partial charge in [-0.1, -0.05) is 6.92 Å². The van der Waals surface area contributed by atoms with Crippen LogP contribution in [0.25, 0.3) is 18.4 Å². The summed E-state index contributed by atoms with van der Waals surface area (Å²) in [5, 5.41) is 11.6. The Bertz CT molecular complexity index is 1890. The molecule has 4 aliphatic heterocycles. The van der Waals surface area contributed by atoms with Crippen LogP contribution in [0.2, 0.25) is 0 Å². The number of allylic oxidation sites excluding steroid dienone is 8. The number of carbonyl (C=O) groups is 2. The van der Waals surface area contributed by atoms with Gasteiger partial charge in [-0.05, 0) is 92.2 Å². The summed E-state index contributed by atoms with van der Waals surface area (Å²) in [7, 11) is 1.38. The van der Waals surface area contributed by atoms with E-state index in [0.29, 0.717) is 28.6 Å². The molecule has 0 spiro atoms. The summed E-state index contributed by atoms with van der Waals surface area (Å²) in [6, 6.07) is 0. The van der Waals surface area contributed by atoms with E-state index in [-0.39, 0.29) is 24.6 Å². The molecule has 0 saturated carbocycles. The number of Topliss-reactive ketones (excluding diaryl/α,β-unsaturated/α-hetero) is 1. The van der Waals surface area contributed by atoms with Crippen LogP contribution < -0.4 is 10.6 Å². The lowest BCUT2D eigenvalue weighted by molar-refractivity contribution is -0.140. The minimum absolute atomic E-state index is 0.0234. The lowest BCUT2D eigenvalue weighted by Gasteiger charge is -2.09. The third kappa shape index (κ3) is 4.08. The van der Waals surface area contributed by atoms with Crippen molar-refractivity contribution in [1.82, 2.24) is 4.98 Å². The Morgan fingerprint density at radius 3 is 2.46 bits per heavy atom. The molecule has 2 N–H and O–H groups in total. The number of hydrogen-bond acceptors (Lipinski definition) is 7. The molecule has 8 heteroatoms. The standard InChI is InChI=1S/C33H32N4O4/c1-7-19-15(2)24-12-28-22(14-38)17(4)23(35-28)11-25-16(3)20(8-9-30(40)41-6)32(36-25)21-10-29(39)31-18(5)26(37-33(21)31)13-27(19)34-24/h11-14,35,38H,7-10H2,1-6H3/b22-14+,25-11?,27-13?,28-12?. The SMILES string of the molecule is CCC1=C(C)C2=NC1=CC1=NC3=C(CC(=O)C3=C1C)C1=NC(=Cc3[nH]c(/c(=C/O)c3C)=C2)C(C)=C1CCC(=O)OC. The number of ketones is 1. The molecule has 0 atom stereocenters. The van der Waals surface area contributed by atoms with Gasteiger partial charge >= 0.3 is 5.97 Å². The van der Waals surface area contributed by atoms with E-state index in [2.05, 4.69) is 18.8 Å². The number of ether oxygens (including phenoxy) is 1. The van der Waals surface area contributed by atoms with Crippen LogP contribution in [-0.4, -0.2) is 46.1 Å². The molecule has 8 nitrogen and oxygen atoms in total. The van der Waals surface area contributed by atoms with Crippen LogP contribution in [0.1, 0.15) is 64.6 Å². The highest BCUT2D eigenvalue weighted by Gasteiger charge is 2.39. The fourth-order valence-corrected chi connectivity index (χ4v) is 6.24. The van der Waals surface area contributed by atoms with Gasteiger partial charge in [0.2, 0.25) is 0 Å². The molecule has 5 heterocycles. The number of methoxy groups -OCH3 is 1. The summed E-state index contributed by atoms with van der Waals surface area (Å²) in [5.74, 6) is -0.282. The van der Waals surface area contributed by atoms with Crippen molar-refractivity contribution in [3.8, 4) is 0 Å². The minimum atomic E-state index is -0.306. The van der Waals surface area contributed by atoms with Crippen molar-refractivity contribution < 1.29 is 19.4 Å². The van der Waals surface area contributed by atoms with Gasteiger partial charge in [0.25, 0.3) is 0 Å². The van der Waals surface area contributed by atoms with Crippen molar-refractivity contribution in [3.05, 3.63) is 84.0 Å². The smallest absolute Gasteiger partial charge is 0.305 e. The molecule has 41 heavy (non-hydrogen) atoms. The summed E-state index contributed by atoms with van der Waals surface area (Å²) in [6.45, 7) is 10.0. The molecule has 1 aromatic heterocycles. The number of esters is 1. The van der Waals surface area contributed by atoms with Crippen LogP contribution in [0, 0.1) is 6.92 Å². The highest BCUT2D eigenvalue weighted by Crippen LogP contribution is 2.43. The number of rotatable bonds is 4. The van der Waals surface area contributed by atoms with Gasteiger partial charge in [0, 0.05) is 34.9 Å². The quantitative estimate of drug-likeness (QED) is 0.537. The molecular formula is C33H32N4O4. The molecule has 0 fully saturated rings. The Balaban J connectivity index is 1.67. The van der Waals surface area contributed by atoms with Crippen LogP contribution in [0.4, 0.5) is 0 Å². The van der Waals surface area contributed by atoms with Crippen molar-refractivity contribution in [2.24, 2.45) is 15.0 Å². The molecule has 5 aliphatic rings. The third-order valence-corrected chi connectivity index (χ3v) is 8.65. The Labute approximate surface area is 238 Å². The van der Waals surface area contributed by atoms with Crippen LogP contribution in [-0.2, 0) is 14.3 Å². The van der Waals surface area contributed by atoms with E-state index in [1.54, 1.807) is 0 Å². The average molecular weight is 549 g/mol. The van der Waals surface area contributed by atoms with E-state index in [1.165, 1.54) is 7.11 Å². The van der Waals surface area contributed by atoms with Gasteiger partial charge in [0.05, 0.1) is 52.9 Å². The topological polar surface area (TPSA) is 116 Å². The highest BCUT2D eigenvalue weighted by atomic mass is 16.5. The second-order valence-electron chi connectivity index (χ2n) is 10.8. The maximum atomic E-state index is 13.4. The van der Waals surface area contributed by atoms with E-state index in [9.17, 15) is 14.7 Å². The molecule has 0 saturated heterocycles. The van der Waals surface area contributed by atoms with E-state index in [1.807, 2.05) is 39.0 Å². The molecule has 0 unspecified atom stereocenters. The lowest BCUT2D eigenvalue weighted by Crippen LogP contribution is -2.25. The number of aromatic amines is 1. The predicted molar refractivity (Wildman–Crippen MR) is 161 cm³/mol. The first-order valence-electron chi connectivity index (χ1n) is 13.9. The monoisotopic (exact) mass is 548 g/mol. The van der Waals surface area contributed by atoms with Crippen LogP contribution in [0.15, 0.2) is 77.2 Å². The summed E-state index contributed by atoms with van der Waals surface area (Å²) in [5.41, 5.74) is 12.4. The first kappa shape index (κ1) is 26.6. The molecular weight excluding hydrogens is 516 g/mol. The number of carbonyl (C=O) groups excluding carboxylic acids is 2. The largest absolute Gasteiger partial charge is 0.515 e. The van der Waals surface area contributed by atoms with Gasteiger partial charge in [-0.2, -0.15) is 0 Å². The zero-order valence-electron chi connectivity index (χ0n) is 24.2. The van der Waals surface area contributed by atoms with E-state index in [0.717, 1.165) is 85.5 Å². The molecule has 1 aliphatic carbocycles. The van der Waals surface area contributed by atoms with Crippen molar-refractivity contribution >= 4 is 47.3 Å². The number of aliphatic hydroxyl groups excluding tert-OH is 1. The summed E-state index contributed by atoms with van der Waals surface area (Å²) in [6.07, 6.45) is 8.64. The molecule has 1 aromatic rings. The number of nitrogens with one attached hydrogen (secondary N) is 1. The predicted octanol–water partition coefficient (Wildman–Crippen LogP) is 4.54. The number of aromatic nitrogens is 1. The maximum absolute atomic E-state index is 13.4. The van der Waals surface area contributed by atoms with Crippen molar-refractivity contribution in [2.45, 2.75) is 60.3 Å². The third-order valence-electron chi connectivity index (χ3n) is 8.65. The van der Waals surface area contributed by atoms with Gasteiger partial charge in [0.15, 0.2) is 5.78 Å². The normalized spacial score (nSPS) is 20.1. The zero-order chi connectivity index (χ0) is 29.2. The first-order chi connectivity index (χ1) is 19.7. The number of H-pyrrole nitrogens is 1. The Hall–Kier alpha value is -4.59. The van der Waals surface area contributed by atoms with Crippen molar-refractivity contribution in [2.75, 3.05) is 7.11 Å².